The Bertz CT molecular complexity index is 877. The highest BCUT2D eigenvalue weighted by atomic mass is 16.5. The Morgan fingerprint density at radius 1 is 1.29 bits per heavy atom. The molecule has 7 heteroatoms. The minimum absolute atomic E-state index is 0.206. The summed E-state index contributed by atoms with van der Waals surface area (Å²) in [5, 5.41) is 17.8. The molecule has 3 aromatic rings. The van der Waals surface area contributed by atoms with Gasteiger partial charge in [-0.3, -0.25) is 10.00 Å². The molecule has 1 saturated heterocycles. The lowest BCUT2D eigenvalue weighted by Gasteiger charge is -2.18. The zero-order chi connectivity index (χ0) is 19.3. The zero-order valence-electron chi connectivity index (χ0n) is 16.2. The molecule has 2 N–H and O–H groups in total. The molecule has 1 aliphatic rings. The highest BCUT2D eigenvalue weighted by molar-refractivity contribution is 5.33. The predicted octanol–water partition coefficient (Wildman–Crippen LogP) is 2.03. The number of aromatic nitrogens is 4. The van der Waals surface area contributed by atoms with Gasteiger partial charge in [0.2, 0.25) is 0 Å². The Hall–Kier alpha value is -2.64. The number of aromatic amines is 1. The lowest BCUT2D eigenvalue weighted by atomic mass is 10.0. The lowest BCUT2D eigenvalue weighted by Crippen LogP contribution is -2.22. The van der Waals surface area contributed by atoms with Gasteiger partial charge in [-0.05, 0) is 25.5 Å². The van der Waals surface area contributed by atoms with Crippen molar-refractivity contribution in [3.8, 4) is 5.75 Å². The quantitative estimate of drug-likeness (QED) is 0.624. The fraction of sp³-hybridized carbons (Fsp3) is 0.429. The Balaban J connectivity index is 1.33. The number of imidazole rings is 1. The topological polar surface area (TPSA) is 79.2 Å². The summed E-state index contributed by atoms with van der Waals surface area (Å²) >= 11 is 0. The third kappa shape index (κ3) is 4.61. The number of aliphatic hydroxyl groups is 1. The number of nitrogens with one attached hydrogen (secondary N) is 1. The van der Waals surface area contributed by atoms with E-state index in [4.69, 9.17) is 4.74 Å². The van der Waals surface area contributed by atoms with Crippen LogP contribution in [-0.4, -0.2) is 55.6 Å². The van der Waals surface area contributed by atoms with Crippen molar-refractivity contribution >= 4 is 0 Å². The Morgan fingerprint density at radius 2 is 2.18 bits per heavy atom. The molecule has 28 heavy (non-hydrogen) atoms. The van der Waals surface area contributed by atoms with Gasteiger partial charge in [-0.25, -0.2) is 4.98 Å². The largest absolute Gasteiger partial charge is 0.491 e. The van der Waals surface area contributed by atoms with Crippen LogP contribution >= 0.6 is 0 Å². The molecule has 1 aromatic carbocycles. The molecule has 0 spiro atoms. The van der Waals surface area contributed by atoms with Crippen molar-refractivity contribution in [1.29, 1.82) is 0 Å². The second kappa shape index (κ2) is 8.58. The van der Waals surface area contributed by atoms with Gasteiger partial charge in [-0.1, -0.05) is 18.2 Å². The van der Waals surface area contributed by atoms with Crippen LogP contribution in [0.5, 0.6) is 5.75 Å². The summed E-state index contributed by atoms with van der Waals surface area (Å²) in [6.07, 6.45) is 5.97. The number of ether oxygens (including phenoxy) is 1. The van der Waals surface area contributed by atoms with Crippen LogP contribution in [0.4, 0.5) is 0 Å². The number of hydrogen-bond donors (Lipinski definition) is 2. The maximum atomic E-state index is 10.5. The van der Waals surface area contributed by atoms with Crippen molar-refractivity contribution in [1.82, 2.24) is 24.6 Å². The number of H-pyrrole nitrogens is 1. The van der Waals surface area contributed by atoms with Crippen molar-refractivity contribution in [2.45, 2.75) is 32.5 Å². The summed E-state index contributed by atoms with van der Waals surface area (Å²) in [6, 6.07) is 10.2. The van der Waals surface area contributed by atoms with Crippen molar-refractivity contribution < 1.29 is 9.84 Å². The third-order valence-corrected chi connectivity index (χ3v) is 5.25. The van der Waals surface area contributed by atoms with Gasteiger partial charge < -0.3 is 14.4 Å². The number of likely N-dealkylation sites (tertiary alicyclic amines) is 1. The van der Waals surface area contributed by atoms with Crippen LogP contribution in [0.2, 0.25) is 0 Å². The first-order valence-corrected chi connectivity index (χ1v) is 9.75. The van der Waals surface area contributed by atoms with Gasteiger partial charge in [0.05, 0.1) is 24.7 Å². The van der Waals surface area contributed by atoms with E-state index in [0.29, 0.717) is 13.2 Å². The van der Waals surface area contributed by atoms with E-state index in [1.807, 2.05) is 35.9 Å². The van der Waals surface area contributed by atoms with Crippen molar-refractivity contribution in [3.63, 3.8) is 0 Å². The van der Waals surface area contributed by atoms with Crippen LogP contribution in [-0.2, 0) is 19.5 Å². The number of β-amino-alcohol motifs (C(OH)–C–C–N with tert-alkyl or cyclic N) is 1. The molecule has 0 bridgehead atoms. The molecule has 4 rings (SSSR count). The molecule has 0 radical (unpaired) electrons. The van der Waals surface area contributed by atoms with Crippen LogP contribution < -0.4 is 4.74 Å². The van der Waals surface area contributed by atoms with Gasteiger partial charge in [0.15, 0.2) is 0 Å². The average molecular weight is 381 g/mol. The van der Waals surface area contributed by atoms with Crippen LogP contribution in [0.1, 0.15) is 17.0 Å². The normalized spacial score (nSPS) is 19.9. The van der Waals surface area contributed by atoms with Gasteiger partial charge in [0.25, 0.3) is 0 Å². The zero-order valence-corrected chi connectivity index (χ0v) is 16.2. The molecule has 0 aliphatic carbocycles. The molecule has 0 amide bonds. The Kier molecular flexibility index (Phi) is 5.73. The molecular formula is C21H27N5O2. The van der Waals surface area contributed by atoms with E-state index < -0.39 is 0 Å². The molecular weight excluding hydrogens is 354 g/mol. The van der Waals surface area contributed by atoms with Crippen LogP contribution in [0, 0.1) is 12.8 Å². The van der Waals surface area contributed by atoms with Gasteiger partial charge in [0, 0.05) is 49.2 Å². The van der Waals surface area contributed by atoms with Gasteiger partial charge >= 0.3 is 0 Å². The van der Waals surface area contributed by atoms with Gasteiger partial charge in [0.1, 0.15) is 12.4 Å². The summed E-state index contributed by atoms with van der Waals surface area (Å²) in [5.41, 5.74) is 3.23. The molecule has 2 atom stereocenters. The second-order valence-electron chi connectivity index (χ2n) is 7.52. The summed E-state index contributed by atoms with van der Waals surface area (Å²) in [6.45, 7) is 5.67. The summed E-state index contributed by atoms with van der Waals surface area (Å²) in [4.78, 5) is 6.35. The SMILES string of the molecule is Cc1cc(C[C@@H]2CN(Cc3ccccc3OCCn3ccnc3)C[C@@H]2O)n[nH]1. The maximum Gasteiger partial charge on any atom is 0.123 e. The van der Waals surface area contributed by atoms with Crippen LogP contribution in [0.3, 0.4) is 0 Å². The predicted molar refractivity (Wildman–Crippen MR) is 106 cm³/mol. The summed E-state index contributed by atoms with van der Waals surface area (Å²) in [7, 11) is 0. The van der Waals surface area contributed by atoms with Gasteiger partial charge in [-0.15, -0.1) is 0 Å². The van der Waals surface area contributed by atoms with E-state index in [1.54, 1.807) is 12.5 Å². The Morgan fingerprint density at radius 3 is 2.96 bits per heavy atom. The number of nitrogens with zero attached hydrogens (tertiary/aromatic N) is 4. The average Bonchev–Trinajstić information content (AvgIpc) is 3.40. The molecule has 3 heterocycles. The molecule has 2 aromatic heterocycles. The van der Waals surface area contributed by atoms with E-state index >= 15 is 0 Å². The van der Waals surface area contributed by atoms with Crippen molar-refractivity contribution in [3.05, 3.63) is 66.0 Å². The number of para-hydroxylation sites is 1. The fourth-order valence-corrected chi connectivity index (χ4v) is 3.81. The molecule has 0 unspecified atom stereocenters. The first-order chi connectivity index (χ1) is 13.7. The van der Waals surface area contributed by atoms with Crippen molar-refractivity contribution in [2.75, 3.05) is 19.7 Å². The fourth-order valence-electron chi connectivity index (χ4n) is 3.81. The molecule has 1 fully saturated rings. The molecule has 148 valence electrons. The van der Waals surface area contributed by atoms with E-state index in [1.165, 1.54) is 0 Å². The second-order valence-corrected chi connectivity index (χ2v) is 7.52. The van der Waals surface area contributed by atoms with E-state index in [2.05, 4.69) is 32.2 Å². The Labute approximate surface area is 165 Å². The summed E-state index contributed by atoms with van der Waals surface area (Å²) < 4.78 is 8.02. The number of aryl methyl sites for hydroxylation is 1. The van der Waals surface area contributed by atoms with Crippen molar-refractivity contribution in [2.24, 2.45) is 5.92 Å². The minimum atomic E-state index is -0.327. The molecule has 7 nitrogen and oxygen atoms in total. The monoisotopic (exact) mass is 381 g/mol. The lowest BCUT2D eigenvalue weighted by molar-refractivity contribution is 0.140. The van der Waals surface area contributed by atoms with Crippen LogP contribution in [0.25, 0.3) is 0 Å². The number of hydrogen-bond acceptors (Lipinski definition) is 5. The standard InChI is InChI=1S/C21H27N5O2/c1-16-10-19(24-23-16)11-18-13-26(14-20(18)27)12-17-4-2-3-5-21(17)28-9-8-25-7-6-22-15-25/h2-7,10,15,18,20,27H,8-9,11-14H2,1H3,(H,23,24)/t18-,20+/m1/s1. The van der Waals surface area contributed by atoms with Gasteiger partial charge in [-0.2, -0.15) is 5.10 Å². The van der Waals surface area contributed by atoms with E-state index in [9.17, 15) is 5.11 Å². The number of aliphatic hydroxyl groups excluding tert-OH is 1. The smallest absolute Gasteiger partial charge is 0.123 e. The molecule has 1 aliphatic heterocycles. The maximum absolute atomic E-state index is 10.5. The summed E-state index contributed by atoms with van der Waals surface area (Å²) in [5.74, 6) is 1.11. The third-order valence-electron chi connectivity index (χ3n) is 5.25. The first kappa shape index (κ1) is 18.7. The first-order valence-electron chi connectivity index (χ1n) is 9.75. The highest BCUT2D eigenvalue weighted by Gasteiger charge is 2.32. The van der Waals surface area contributed by atoms with E-state index in [0.717, 1.165) is 48.8 Å². The van der Waals surface area contributed by atoms with Crippen LogP contribution in [0.15, 0.2) is 49.1 Å². The molecule has 0 saturated carbocycles. The number of rotatable bonds is 8. The highest BCUT2D eigenvalue weighted by Crippen LogP contribution is 2.26. The van der Waals surface area contributed by atoms with E-state index in [-0.39, 0.29) is 12.0 Å². The minimum Gasteiger partial charge on any atom is -0.491 e. The number of benzene rings is 1.